The highest BCUT2D eigenvalue weighted by Gasteiger charge is 2.55. The first-order valence-corrected chi connectivity index (χ1v) is 12.9. The molecule has 3 N–H and O–H groups in total. The molecule has 0 atom stereocenters. The molecule has 0 unspecified atom stereocenters. The zero-order valence-corrected chi connectivity index (χ0v) is 21.7. The van der Waals surface area contributed by atoms with Gasteiger partial charge in [0, 0.05) is 18.6 Å². The SMILES string of the molecule is CN(C)[C@]1(c2ccccc2)CC[C@]2(CC1)CN(CC(=O)NC(C)(C)C(N)=O)C(=O)N2CC1CCC1. The smallest absolute Gasteiger partial charge is 0.321 e. The van der Waals surface area contributed by atoms with E-state index in [1.54, 1.807) is 18.7 Å². The monoisotopic (exact) mass is 483 g/mol. The highest BCUT2D eigenvalue weighted by atomic mass is 16.2. The summed E-state index contributed by atoms with van der Waals surface area (Å²) in [7, 11) is 4.29. The number of rotatable bonds is 8. The van der Waals surface area contributed by atoms with Gasteiger partial charge in [0.2, 0.25) is 11.8 Å². The molecule has 0 aromatic heterocycles. The van der Waals surface area contributed by atoms with Crippen LogP contribution in [-0.4, -0.2) is 77.4 Å². The Balaban J connectivity index is 1.54. The minimum absolute atomic E-state index is 0.0546. The Bertz CT molecular complexity index is 949. The summed E-state index contributed by atoms with van der Waals surface area (Å²) in [6.07, 6.45) is 7.25. The average molecular weight is 484 g/mol. The zero-order valence-electron chi connectivity index (χ0n) is 21.7. The number of nitrogens with one attached hydrogen (secondary N) is 1. The van der Waals surface area contributed by atoms with Crippen molar-refractivity contribution in [3.63, 3.8) is 0 Å². The van der Waals surface area contributed by atoms with Crippen LogP contribution in [0.3, 0.4) is 0 Å². The molecule has 0 bridgehead atoms. The summed E-state index contributed by atoms with van der Waals surface area (Å²) in [4.78, 5) is 44.2. The summed E-state index contributed by atoms with van der Waals surface area (Å²) in [6, 6.07) is 10.6. The van der Waals surface area contributed by atoms with Gasteiger partial charge in [-0.3, -0.25) is 14.5 Å². The summed E-state index contributed by atoms with van der Waals surface area (Å²) >= 11 is 0. The molecule has 2 saturated carbocycles. The quantitative estimate of drug-likeness (QED) is 0.594. The summed E-state index contributed by atoms with van der Waals surface area (Å²) in [6.45, 7) is 4.41. The zero-order chi connectivity index (χ0) is 25.4. The Hall–Kier alpha value is -2.61. The maximum absolute atomic E-state index is 13.6. The number of carbonyl (C=O) groups excluding carboxylic acids is 3. The number of nitrogens with zero attached hydrogens (tertiary/aromatic N) is 3. The second-order valence-electron chi connectivity index (χ2n) is 11.6. The molecule has 8 nitrogen and oxygen atoms in total. The lowest BCUT2D eigenvalue weighted by atomic mass is 9.68. The van der Waals surface area contributed by atoms with E-state index in [1.165, 1.54) is 24.8 Å². The Labute approximate surface area is 209 Å². The molecular weight excluding hydrogens is 442 g/mol. The normalized spacial score (nSPS) is 27.4. The van der Waals surface area contributed by atoms with Crippen LogP contribution in [0, 0.1) is 5.92 Å². The first-order valence-electron chi connectivity index (χ1n) is 12.9. The second-order valence-corrected chi connectivity index (χ2v) is 11.6. The number of hydrogen-bond acceptors (Lipinski definition) is 4. The molecule has 4 rings (SSSR count). The van der Waals surface area contributed by atoms with Gasteiger partial charge in [-0.15, -0.1) is 0 Å². The fourth-order valence-corrected chi connectivity index (χ4v) is 6.13. The van der Waals surface area contributed by atoms with E-state index < -0.39 is 11.4 Å². The number of amides is 4. The van der Waals surface area contributed by atoms with E-state index in [0.717, 1.165) is 32.2 Å². The molecule has 0 radical (unpaired) electrons. The van der Waals surface area contributed by atoms with Gasteiger partial charge in [-0.1, -0.05) is 36.8 Å². The molecule has 35 heavy (non-hydrogen) atoms. The van der Waals surface area contributed by atoms with Crippen molar-refractivity contribution in [2.75, 3.05) is 33.7 Å². The largest absolute Gasteiger partial charge is 0.368 e. The van der Waals surface area contributed by atoms with Gasteiger partial charge >= 0.3 is 6.03 Å². The predicted molar refractivity (Wildman–Crippen MR) is 135 cm³/mol. The molecule has 1 spiro atoms. The van der Waals surface area contributed by atoms with Gasteiger partial charge in [-0.25, -0.2) is 4.79 Å². The van der Waals surface area contributed by atoms with Crippen LogP contribution in [0.25, 0.3) is 0 Å². The van der Waals surface area contributed by atoms with E-state index in [0.29, 0.717) is 12.5 Å². The summed E-state index contributed by atoms with van der Waals surface area (Å²) in [5.74, 6) is -0.409. The molecule has 1 saturated heterocycles. The van der Waals surface area contributed by atoms with Crippen LogP contribution in [0.4, 0.5) is 4.79 Å². The van der Waals surface area contributed by atoms with Gasteiger partial charge in [0.15, 0.2) is 0 Å². The first kappa shape index (κ1) is 25.5. The number of nitrogens with two attached hydrogens (primary N) is 1. The van der Waals surface area contributed by atoms with E-state index in [9.17, 15) is 14.4 Å². The molecule has 192 valence electrons. The van der Waals surface area contributed by atoms with Gasteiger partial charge < -0.3 is 20.9 Å². The number of primary amides is 1. The van der Waals surface area contributed by atoms with Gasteiger partial charge in [-0.05, 0) is 77.9 Å². The van der Waals surface area contributed by atoms with Crippen LogP contribution < -0.4 is 11.1 Å². The summed E-state index contributed by atoms with van der Waals surface area (Å²) < 4.78 is 0. The number of carbonyl (C=O) groups is 3. The number of urea groups is 1. The van der Waals surface area contributed by atoms with Crippen LogP contribution in [0.1, 0.15) is 64.4 Å². The highest BCUT2D eigenvalue weighted by molar-refractivity contribution is 5.92. The first-order chi connectivity index (χ1) is 16.5. The number of hydrogen-bond donors (Lipinski definition) is 2. The molecule has 3 fully saturated rings. The lowest BCUT2D eigenvalue weighted by Crippen LogP contribution is -2.56. The van der Waals surface area contributed by atoms with Gasteiger partial charge in [0.25, 0.3) is 0 Å². The van der Waals surface area contributed by atoms with Crippen molar-refractivity contribution in [1.82, 2.24) is 20.0 Å². The van der Waals surface area contributed by atoms with Crippen LogP contribution in [-0.2, 0) is 15.1 Å². The lowest BCUT2D eigenvalue weighted by Gasteiger charge is -2.51. The van der Waals surface area contributed by atoms with Crippen molar-refractivity contribution in [2.24, 2.45) is 11.7 Å². The molecule has 3 aliphatic rings. The average Bonchev–Trinajstić information content (AvgIpc) is 3.01. The minimum Gasteiger partial charge on any atom is -0.368 e. The molecular formula is C27H41N5O3. The Morgan fingerprint density at radius 1 is 1.11 bits per heavy atom. The third-order valence-corrected chi connectivity index (χ3v) is 8.80. The van der Waals surface area contributed by atoms with Gasteiger partial charge in [0.05, 0.1) is 5.54 Å². The predicted octanol–water partition coefficient (Wildman–Crippen LogP) is 2.67. The topological polar surface area (TPSA) is 99.0 Å². The summed E-state index contributed by atoms with van der Waals surface area (Å²) in [5, 5.41) is 2.69. The van der Waals surface area contributed by atoms with E-state index >= 15 is 0 Å². The highest BCUT2D eigenvalue weighted by Crippen LogP contribution is 2.49. The Morgan fingerprint density at radius 2 is 1.74 bits per heavy atom. The maximum Gasteiger partial charge on any atom is 0.321 e. The van der Waals surface area contributed by atoms with Crippen molar-refractivity contribution >= 4 is 17.8 Å². The van der Waals surface area contributed by atoms with Crippen molar-refractivity contribution in [2.45, 2.75) is 75.4 Å². The standard InChI is InChI=1S/C27H41N5O3/c1-25(2,23(28)34)29-22(33)18-31-19-26(32(24(31)35)17-20-9-8-10-20)13-15-27(16-14-26,30(3)4)21-11-6-5-7-12-21/h5-7,11-12,20H,8-10,13-19H2,1-4H3,(H2,28,34)(H,29,33)/t26-,27+. The van der Waals surface area contributed by atoms with E-state index in [2.05, 4.69) is 59.5 Å². The molecule has 1 heterocycles. The molecule has 8 heteroatoms. The van der Waals surface area contributed by atoms with E-state index in [1.807, 2.05) is 0 Å². The second kappa shape index (κ2) is 9.45. The van der Waals surface area contributed by atoms with Crippen molar-refractivity contribution in [3.05, 3.63) is 35.9 Å². The Kier molecular flexibility index (Phi) is 6.88. The van der Waals surface area contributed by atoms with Crippen LogP contribution in [0.15, 0.2) is 30.3 Å². The maximum atomic E-state index is 13.6. The minimum atomic E-state index is -1.16. The van der Waals surface area contributed by atoms with Gasteiger partial charge in [0.1, 0.15) is 12.1 Å². The van der Waals surface area contributed by atoms with Crippen molar-refractivity contribution in [3.8, 4) is 0 Å². The molecule has 2 aliphatic carbocycles. The lowest BCUT2D eigenvalue weighted by molar-refractivity contribution is -0.130. The van der Waals surface area contributed by atoms with Crippen LogP contribution in [0.2, 0.25) is 0 Å². The van der Waals surface area contributed by atoms with Crippen molar-refractivity contribution in [1.29, 1.82) is 0 Å². The van der Waals surface area contributed by atoms with E-state index in [-0.39, 0.29) is 29.6 Å². The van der Waals surface area contributed by atoms with Crippen LogP contribution in [0.5, 0.6) is 0 Å². The van der Waals surface area contributed by atoms with Gasteiger partial charge in [-0.2, -0.15) is 0 Å². The molecule has 1 aromatic carbocycles. The molecule has 4 amide bonds. The Morgan fingerprint density at radius 3 is 2.26 bits per heavy atom. The van der Waals surface area contributed by atoms with Crippen LogP contribution >= 0.6 is 0 Å². The fraction of sp³-hybridized carbons (Fsp3) is 0.667. The molecule has 1 aromatic rings. The molecule has 1 aliphatic heterocycles. The fourth-order valence-electron chi connectivity index (χ4n) is 6.13. The number of benzene rings is 1. The third-order valence-electron chi connectivity index (χ3n) is 8.80. The van der Waals surface area contributed by atoms with E-state index in [4.69, 9.17) is 5.73 Å². The third kappa shape index (κ3) is 4.77. The summed E-state index contributed by atoms with van der Waals surface area (Å²) in [5.41, 5.74) is 5.25. The van der Waals surface area contributed by atoms with Crippen molar-refractivity contribution < 1.29 is 14.4 Å².